The number of thiazole rings is 1. The molecule has 0 aromatic carbocycles. The summed E-state index contributed by atoms with van der Waals surface area (Å²) < 4.78 is 7.82. The number of hydrogen-bond donors (Lipinski definition) is 1. The van der Waals surface area contributed by atoms with Gasteiger partial charge in [-0.25, -0.2) is 4.98 Å². The van der Waals surface area contributed by atoms with Gasteiger partial charge in [-0.05, 0) is 52.8 Å². The van der Waals surface area contributed by atoms with E-state index in [4.69, 9.17) is 9.40 Å². The molecule has 33 heavy (non-hydrogen) atoms. The third kappa shape index (κ3) is 6.13. The molecule has 4 heterocycles. The van der Waals surface area contributed by atoms with E-state index in [-0.39, 0.29) is 11.4 Å². The molecule has 0 atom stereocenters. The molecular formula is C25H35N5O2S. The predicted molar refractivity (Wildman–Crippen MR) is 132 cm³/mol. The molecule has 3 aromatic heterocycles. The monoisotopic (exact) mass is 469 g/mol. The number of piperazine rings is 1. The molecule has 1 aliphatic rings. The molecule has 8 heteroatoms. The Hall–Kier alpha value is -2.42. The van der Waals surface area contributed by atoms with E-state index >= 15 is 0 Å². The minimum absolute atomic E-state index is 0.102. The second kappa shape index (κ2) is 9.83. The van der Waals surface area contributed by atoms with Crippen molar-refractivity contribution in [1.29, 1.82) is 0 Å². The smallest absolute Gasteiger partial charge is 0.234 e. The fourth-order valence-corrected chi connectivity index (χ4v) is 5.16. The lowest BCUT2D eigenvalue weighted by molar-refractivity contribution is -0.124. The van der Waals surface area contributed by atoms with Crippen LogP contribution in [-0.4, -0.2) is 63.5 Å². The predicted octanol–water partition coefficient (Wildman–Crippen LogP) is 3.90. The minimum Gasteiger partial charge on any atom is -0.467 e. The van der Waals surface area contributed by atoms with Crippen LogP contribution in [0.5, 0.6) is 0 Å². The van der Waals surface area contributed by atoms with Gasteiger partial charge in [-0.1, -0.05) is 0 Å². The van der Waals surface area contributed by atoms with Crippen LogP contribution in [0.25, 0.3) is 11.3 Å². The van der Waals surface area contributed by atoms with Crippen LogP contribution in [-0.2, 0) is 17.9 Å². The first-order valence-corrected chi connectivity index (χ1v) is 12.5. The highest BCUT2D eigenvalue weighted by atomic mass is 32.1. The number of aromatic nitrogens is 2. The van der Waals surface area contributed by atoms with E-state index < -0.39 is 0 Å². The van der Waals surface area contributed by atoms with Gasteiger partial charge in [0.2, 0.25) is 5.91 Å². The molecule has 0 radical (unpaired) electrons. The standard InChI is InChI=1S/C25H35N5O2S/c1-18-13-21(19(2)30(18)14-20-7-6-12-32-20)22-17-33-24(26-22)16-29-10-8-28(9-11-29)15-23(31)27-25(3,4)5/h6-7,12-13,17H,8-11,14-16H2,1-5H3,(H,27,31). The third-order valence-corrected chi connectivity index (χ3v) is 6.83. The fraction of sp³-hybridized carbons (Fsp3) is 0.520. The van der Waals surface area contributed by atoms with Gasteiger partial charge in [0, 0.05) is 54.0 Å². The molecule has 7 nitrogen and oxygen atoms in total. The van der Waals surface area contributed by atoms with Gasteiger partial charge in [-0.15, -0.1) is 11.3 Å². The highest BCUT2D eigenvalue weighted by molar-refractivity contribution is 7.09. The highest BCUT2D eigenvalue weighted by Gasteiger charge is 2.22. The zero-order valence-corrected chi connectivity index (χ0v) is 21.2. The lowest BCUT2D eigenvalue weighted by atomic mass is 10.1. The van der Waals surface area contributed by atoms with Crippen molar-refractivity contribution in [2.75, 3.05) is 32.7 Å². The summed E-state index contributed by atoms with van der Waals surface area (Å²) in [6.07, 6.45) is 1.72. The van der Waals surface area contributed by atoms with Crippen molar-refractivity contribution in [2.45, 2.75) is 53.2 Å². The summed E-state index contributed by atoms with van der Waals surface area (Å²) in [5, 5.41) is 6.36. The summed E-state index contributed by atoms with van der Waals surface area (Å²) in [5.74, 6) is 1.06. The van der Waals surface area contributed by atoms with E-state index in [0.717, 1.165) is 55.7 Å². The van der Waals surface area contributed by atoms with Crippen molar-refractivity contribution >= 4 is 17.2 Å². The molecule has 4 rings (SSSR count). The fourth-order valence-electron chi connectivity index (χ4n) is 4.33. The summed E-state index contributed by atoms with van der Waals surface area (Å²) in [6.45, 7) is 16.1. The van der Waals surface area contributed by atoms with Crippen LogP contribution in [0.1, 0.15) is 42.9 Å². The number of hydrogen-bond acceptors (Lipinski definition) is 6. The quantitative estimate of drug-likeness (QED) is 0.568. The number of rotatable bonds is 7. The summed E-state index contributed by atoms with van der Waals surface area (Å²) >= 11 is 1.73. The van der Waals surface area contributed by atoms with Gasteiger partial charge in [0.25, 0.3) is 0 Å². The molecule has 1 N–H and O–H groups in total. The second-order valence-electron chi connectivity index (χ2n) is 9.93. The number of furan rings is 1. The zero-order valence-electron chi connectivity index (χ0n) is 20.4. The summed E-state index contributed by atoms with van der Waals surface area (Å²) in [5.41, 5.74) is 4.48. The van der Waals surface area contributed by atoms with Gasteiger partial charge in [0.05, 0.1) is 31.6 Å². The van der Waals surface area contributed by atoms with Crippen LogP contribution >= 0.6 is 11.3 Å². The molecule has 1 saturated heterocycles. The summed E-state index contributed by atoms with van der Waals surface area (Å²) in [7, 11) is 0. The minimum atomic E-state index is -0.182. The number of carbonyl (C=O) groups excluding carboxylic acids is 1. The second-order valence-corrected chi connectivity index (χ2v) is 10.9. The first-order chi connectivity index (χ1) is 15.7. The Kier molecular flexibility index (Phi) is 7.07. The van der Waals surface area contributed by atoms with Crippen molar-refractivity contribution in [3.8, 4) is 11.3 Å². The molecular weight excluding hydrogens is 434 g/mol. The third-order valence-electron chi connectivity index (χ3n) is 6.00. The van der Waals surface area contributed by atoms with Gasteiger partial charge in [0.15, 0.2) is 0 Å². The largest absolute Gasteiger partial charge is 0.467 e. The number of aryl methyl sites for hydroxylation is 1. The van der Waals surface area contributed by atoms with Crippen molar-refractivity contribution in [3.63, 3.8) is 0 Å². The van der Waals surface area contributed by atoms with Crippen LogP contribution in [0.3, 0.4) is 0 Å². The van der Waals surface area contributed by atoms with Crippen LogP contribution in [0.4, 0.5) is 0 Å². The molecule has 3 aromatic rings. The molecule has 0 bridgehead atoms. The van der Waals surface area contributed by atoms with Gasteiger partial charge in [-0.3, -0.25) is 14.6 Å². The molecule has 1 amide bonds. The maximum atomic E-state index is 12.2. The van der Waals surface area contributed by atoms with E-state index in [9.17, 15) is 4.79 Å². The number of amides is 1. The molecule has 0 spiro atoms. The Bertz CT molecular complexity index is 1070. The number of nitrogens with one attached hydrogen (secondary N) is 1. The van der Waals surface area contributed by atoms with E-state index in [1.807, 2.05) is 32.9 Å². The number of carbonyl (C=O) groups is 1. The Labute approximate surface area is 200 Å². The van der Waals surface area contributed by atoms with E-state index in [1.165, 1.54) is 17.0 Å². The molecule has 1 fully saturated rings. The molecule has 178 valence electrons. The van der Waals surface area contributed by atoms with Gasteiger partial charge >= 0.3 is 0 Å². The zero-order chi connectivity index (χ0) is 23.6. The highest BCUT2D eigenvalue weighted by Crippen LogP contribution is 2.29. The van der Waals surface area contributed by atoms with Crippen LogP contribution in [0.15, 0.2) is 34.3 Å². The molecule has 1 aliphatic heterocycles. The van der Waals surface area contributed by atoms with Crippen molar-refractivity contribution in [3.05, 3.63) is 52.0 Å². The maximum Gasteiger partial charge on any atom is 0.234 e. The van der Waals surface area contributed by atoms with Gasteiger partial charge < -0.3 is 14.3 Å². The van der Waals surface area contributed by atoms with Gasteiger partial charge in [-0.2, -0.15) is 0 Å². The Morgan fingerprint density at radius 3 is 2.55 bits per heavy atom. The molecule has 0 unspecified atom stereocenters. The van der Waals surface area contributed by atoms with Crippen molar-refractivity contribution in [1.82, 2.24) is 24.7 Å². The lowest BCUT2D eigenvalue weighted by Gasteiger charge is -2.34. The first kappa shape index (κ1) is 23.7. The topological polar surface area (TPSA) is 66.5 Å². The van der Waals surface area contributed by atoms with Crippen LogP contribution < -0.4 is 5.32 Å². The normalized spacial score (nSPS) is 15.8. The van der Waals surface area contributed by atoms with E-state index in [0.29, 0.717) is 6.54 Å². The molecule has 0 aliphatic carbocycles. The van der Waals surface area contributed by atoms with Crippen molar-refractivity contribution < 1.29 is 9.21 Å². The average Bonchev–Trinajstić information content (AvgIpc) is 3.46. The Morgan fingerprint density at radius 2 is 1.88 bits per heavy atom. The average molecular weight is 470 g/mol. The summed E-state index contributed by atoms with van der Waals surface area (Å²) in [4.78, 5) is 21.8. The lowest BCUT2D eigenvalue weighted by Crippen LogP contribution is -2.51. The van der Waals surface area contributed by atoms with E-state index in [2.05, 4.69) is 45.0 Å². The van der Waals surface area contributed by atoms with Crippen LogP contribution in [0, 0.1) is 13.8 Å². The maximum absolute atomic E-state index is 12.2. The van der Waals surface area contributed by atoms with E-state index in [1.54, 1.807) is 17.6 Å². The SMILES string of the molecule is Cc1cc(-c2csc(CN3CCN(CC(=O)NC(C)(C)C)CC3)n2)c(C)n1Cc1ccco1. The molecule has 0 saturated carbocycles. The van der Waals surface area contributed by atoms with Gasteiger partial charge in [0.1, 0.15) is 10.8 Å². The Balaban J connectivity index is 1.32. The van der Waals surface area contributed by atoms with Crippen LogP contribution in [0.2, 0.25) is 0 Å². The first-order valence-electron chi connectivity index (χ1n) is 11.6. The van der Waals surface area contributed by atoms with Crippen molar-refractivity contribution in [2.24, 2.45) is 0 Å². The Morgan fingerprint density at radius 1 is 1.15 bits per heavy atom. The number of nitrogens with zero attached hydrogens (tertiary/aromatic N) is 4. The summed E-state index contributed by atoms with van der Waals surface area (Å²) in [6, 6.07) is 6.16.